The van der Waals surface area contributed by atoms with Gasteiger partial charge in [0.15, 0.2) is 0 Å². The molecule has 0 aromatic carbocycles. The van der Waals surface area contributed by atoms with Crippen LogP contribution in [0.5, 0.6) is 0 Å². The van der Waals surface area contributed by atoms with E-state index in [1.165, 1.54) is 30.0 Å². The molecule has 0 radical (unpaired) electrons. The highest BCUT2D eigenvalue weighted by atomic mass is 16.5. The molecular weight excluding hydrogens is 312 g/mol. The van der Waals surface area contributed by atoms with Gasteiger partial charge < -0.3 is 10.1 Å². The van der Waals surface area contributed by atoms with E-state index in [2.05, 4.69) is 20.0 Å². The number of hydrogen-bond acceptors (Lipinski definition) is 6. The normalized spacial score (nSPS) is 10.3. The Balaban J connectivity index is 1.97. The van der Waals surface area contributed by atoms with Crippen LogP contribution in [0.2, 0.25) is 0 Å². The maximum absolute atomic E-state index is 12.0. The number of amides is 1. The van der Waals surface area contributed by atoms with Crippen molar-refractivity contribution in [1.29, 1.82) is 0 Å². The average molecular weight is 330 g/mol. The van der Waals surface area contributed by atoms with E-state index < -0.39 is 5.97 Å². The van der Waals surface area contributed by atoms with Crippen LogP contribution in [0, 0.1) is 13.8 Å². The van der Waals surface area contributed by atoms with Gasteiger partial charge in [-0.25, -0.2) is 14.6 Å². The van der Waals surface area contributed by atoms with Gasteiger partial charge in [-0.2, -0.15) is 4.98 Å². The molecule has 8 nitrogen and oxygen atoms in total. The number of hydrogen-bond donors (Lipinski definition) is 1. The van der Waals surface area contributed by atoms with Crippen LogP contribution >= 0.6 is 0 Å². The van der Waals surface area contributed by atoms with E-state index in [-0.39, 0.29) is 24.6 Å². The molecule has 0 saturated carbocycles. The first-order valence-electron chi connectivity index (χ1n) is 7.30. The quantitative estimate of drug-likeness (QED) is 0.823. The Morgan fingerprint density at radius 3 is 2.62 bits per heavy atom. The third-order valence-corrected chi connectivity index (χ3v) is 3.36. The minimum atomic E-state index is -0.498. The molecule has 0 bridgehead atoms. The van der Waals surface area contributed by atoms with Gasteiger partial charge in [0.2, 0.25) is 5.91 Å². The van der Waals surface area contributed by atoms with Crippen molar-refractivity contribution in [3.8, 4) is 0 Å². The second-order valence-corrected chi connectivity index (χ2v) is 5.19. The Hall–Kier alpha value is -3.03. The van der Waals surface area contributed by atoms with E-state index in [0.29, 0.717) is 17.1 Å². The number of rotatable bonds is 5. The van der Waals surface area contributed by atoms with Crippen LogP contribution in [0.4, 0.5) is 5.82 Å². The fraction of sp³-hybridized carbons (Fsp3) is 0.312. The van der Waals surface area contributed by atoms with Crippen LogP contribution in [-0.4, -0.2) is 33.5 Å². The van der Waals surface area contributed by atoms with Gasteiger partial charge in [-0.15, -0.1) is 0 Å². The number of aryl methyl sites for hydroxylation is 2. The van der Waals surface area contributed by atoms with Gasteiger partial charge in [-0.3, -0.25) is 9.36 Å². The van der Waals surface area contributed by atoms with Crippen molar-refractivity contribution in [2.45, 2.75) is 26.8 Å². The first-order chi connectivity index (χ1) is 11.4. The highest BCUT2D eigenvalue weighted by Gasteiger charge is 2.09. The number of pyridine rings is 1. The van der Waals surface area contributed by atoms with E-state index in [9.17, 15) is 14.4 Å². The number of carbonyl (C=O) groups is 2. The first-order valence-corrected chi connectivity index (χ1v) is 7.30. The predicted octanol–water partition coefficient (Wildman–Crippen LogP) is 1.07. The smallest absolute Gasteiger partial charge is 0.347 e. The SMILES string of the molecule is COC(=O)c1ccc(NC(=O)CCn2c(C)cc(C)nc2=O)nc1. The molecule has 0 spiro atoms. The third kappa shape index (κ3) is 4.25. The summed E-state index contributed by atoms with van der Waals surface area (Å²) in [7, 11) is 1.28. The molecular formula is C16H18N4O4. The molecule has 0 aliphatic rings. The molecule has 2 aromatic heterocycles. The number of ether oxygens (including phenoxy) is 1. The molecule has 126 valence electrons. The van der Waals surface area contributed by atoms with Crippen molar-refractivity contribution in [1.82, 2.24) is 14.5 Å². The zero-order valence-corrected chi connectivity index (χ0v) is 13.7. The number of anilines is 1. The lowest BCUT2D eigenvalue weighted by Crippen LogP contribution is -2.27. The highest BCUT2D eigenvalue weighted by Crippen LogP contribution is 2.07. The lowest BCUT2D eigenvalue weighted by atomic mass is 10.3. The molecule has 1 N–H and O–H groups in total. The van der Waals surface area contributed by atoms with Gasteiger partial charge in [0, 0.05) is 30.6 Å². The van der Waals surface area contributed by atoms with Crippen molar-refractivity contribution in [2.24, 2.45) is 0 Å². The summed E-state index contributed by atoms with van der Waals surface area (Å²) in [6.45, 7) is 3.76. The standard InChI is InChI=1S/C16H18N4O4/c1-10-8-11(2)20(16(23)18-10)7-6-14(21)19-13-5-4-12(9-17-13)15(22)24-3/h4-5,8-9H,6-7H2,1-3H3,(H,17,19,21). The number of nitrogens with one attached hydrogen (secondary N) is 1. The topological polar surface area (TPSA) is 103 Å². The number of esters is 1. The van der Waals surface area contributed by atoms with Gasteiger partial charge in [-0.05, 0) is 32.0 Å². The van der Waals surface area contributed by atoms with Crippen LogP contribution in [0.15, 0.2) is 29.2 Å². The summed E-state index contributed by atoms with van der Waals surface area (Å²) in [5.41, 5.74) is 1.32. The summed E-state index contributed by atoms with van der Waals surface area (Å²) >= 11 is 0. The molecule has 0 saturated heterocycles. The Labute approximate surface area is 138 Å². The predicted molar refractivity (Wildman–Crippen MR) is 86.8 cm³/mol. The van der Waals surface area contributed by atoms with Crippen LogP contribution in [-0.2, 0) is 16.1 Å². The van der Waals surface area contributed by atoms with Crippen LogP contribution in [0.25, 0.3) is 0 Å². The van der Waals surface area contributed by atoms with Crippen LogP contribution in [0.3, 0.4) is 0 Å². The lowest BCUT2D eigenvalue weighted by Gasteiger charge is -2.10. The van der Waals surface area contributed by atoms with Crippen molar-refractivity contribution in [3.05, 3.63) is 51.8 Å². The van der Waals surface area contributed by atoms with Gasteiger partial charge >= 0.3 is 11.7 Å². The number of methoxy groups -OCH3 is 1. The van der Waals surface area contributed by atoms with E-state index in [1.807, 2.05) is 0 Å². The highest BCUT2D eigenvalue weighted by molar-refractivity contribution is 5.91. The van der Waals surface area contributed by atoms with Crippen molar-refractivity contribution >= 4 is 17.7 Å². The van der Waals surface area contributed by atoms with Crippen molar-refractivity contribution in [2.75, 3.05) is 12.4 Å². The van der Waals surface area contributed by atoms with Crippen LogP contribution < -0.4 is 11.0 Å². The third-order valence-electron chi connectivity index (χ3n) is 3.36. The summed E-state index contributed by atoms with van der Waals surface area (Å²) in [6.07, 6.45) is 1.42. The fourth-order valence-electron chi connectivity index (χ4n) is 2.17. The molecule has 2 aromatic rings. The van der Waals surface area contributed by atoms with Crippen molar-refractivity contribution in [3.63, 3.8) is 0 Å². The zero-order chi connectivity index (χ0) is 17.7. The van der Waals surface area contributed by atoms with Gasteiger partial charge in [-0.1, -0.05) is 0 Å². The summed E-state index contributed by atoms with van der Waals surface area (Å²) in [5, 5.41) is 2.61. The Bertz CT molecular complexity index is 812. The maximum Gasteiger partial charge on any atom is 0.347 e. The minimum Gasteiger partial charge on any atom is -0.465 e. The number of aromatic nitrogens is 3. The number of carbonyl (C=O) groups excluding carboxylic acids is 2. The average Bonchev–Trinajstić information content (AvgIpc) is 2.53. The Morgan fingerprint density at radius 1 is 1.29 bits per heavy atom. The van der Waals surface area contributed by atoms with Crippen LogP contribution in [0.1, 0.15) is 28.2 Å². The summed E-state index contributed by atoms with van der Waals surface area (Å²) in [6, 6.07) is 4.80. The monoisotopic (exact) mass is 330 g/mol. The summed E-state index contributed by atoms with van der Waals surface area (Å²) in [4.78, 5) is 42.9. The zero-order valence-electron chi connectivity index (χ0n) is 13.7. The van der Waals surface area contributed by atoms with E-state index in [0.717, 1.165) is 5.69 Å². The summed E-state index contributed by atoms with van der Waals surface area (Å²) in [5.74, 6) is -0.471. The van der Waals surface area contributed by atoms with Crippen molar-refractivity contribution < 1.29 is 14.3 Å². The largest absolute Gasteiger partial charge is 0.465 e. The molecule has 0 aliphatic heterocycles. The lowest BCUT2D eigenvalue weighted by molar-refractivity contribution is -0.116. The van der Waals surface area contributed by atoms with E-state index in [1.54, 1.807) is 19.9 Å². The maximum atomic E-state index is 12.0. The van der Waals surface area contributed by atoms with Gasteiger partial charge in [0.25, 0.3) is 0 Å². The molecule has 2 heterocycles. The minimum absolute atomic E-state index is 0.103. The molecule has 1 amide bonds. The fourth-order valence-corrected chi connectivity index (χ4v) is 2.17. The van der Waals surface area contributed by atoms with Gasteiger partial charge in [0.1, 0.15) is 5.82 Å². The molecule has 0 fully saturated rings. The summed E-state index contributed by atoms with van der Waals surface area (Å²) < 4.78 is 6.02. The second-order valence-electron chi connectivity index (χ2n) is 5.19. The van der Waals surface area contributed by atoms with E-state index in [4.69, 9.17) is 0 Å². The Kier molecular flexibility index (Phi) is 5.41. The molecule has 0 unspecified atom stereocenters. The van der Waals surface area contributed by atoms with E-state index >= 15 is 0 Å². The Morgan fingerprint density at radius 2 is 2.04 bits per heavy atom. The molecule has 24 heavy (non-hydrogen) atoms. The molecule has 0 atom stereocenters. The second kappa shape index (κ2) is 7.49. The molecule has 8 heteroatoms. The number of nitrogens with zero attached hydrogens (tertiary/aromatic N) is 3. The van der Waals surface area contributed by atoms with Gasteiger partial charge in [0.05, 0.1) is 12.7 Å². The first kappa shape index (κ1) is 17.3. The molecule has 2 rings (SSSR count). The molecule has 0 aliphatic carbocycles.